The summed E-state index contributed by atoms with van der Waals surface area (Å²) in [4.78, 5) is 11.6. The Morgan fingerprint density at radius 3 is 2.46 bits per heavy atom. The summed E-state index contributed by atoms with van der Waals surface area (Å²) in [6.07, 6.45) is 0. The van der Waals surface area contributed by atoms with Crippen LogP contribution in [0.5, 0.6) is 0 Å². The molecule has 0 aliphatic carbocycles. The molecule has 2 aromatic rings. The first-order chi connectivity index (χ1) is 11.3. The summed E-state index contributed by atoms with van der Waals surface area (Å²) < 4.78 is 28.3. The maximum atomic E-state index is 12.9. The third-order valence-corrected chi connectivity index (χ3v) is 6.28. The van der Waals surface area contributed by atoms with Gasteiger partial charge < -0.3 is 5.11 Å². The normalized spacial score (nSPS) is 21.9. The lowest BCUT2D eigenvalue weighted by Gasteiger charge is -2.16. The van der Waals surface area contributed by atoms with Crippen molar-refractivity contribution in [3.8, 4) is 0 Å². The Kier molecular flexibility index (Phi) is 4.18. The number of aryl methyl sites for hydroxylation is 2. The van der Waals surface area contributed by atoms with E-state index in [4.69, 9.17) is 0 Å². The van der Waals surface area contributed by atoms with E-state index in [1.54, 1.807) is 14.0 Å². The van der Waals surface area contributed by atoms with Crippen molar-refractivity contribution >= 4 is 16.0 Å². The van der Waals surface area contributed by atoms with E-state index in [0.717, 1.165) is 5.56 Å². The van der Waals surface area contributed by atoms with Crippen LogP contribution in [-0.4, -0.2) is 46.7 Å². The number of carbonyl (C=O) groups is 1. The fourth-order valence-electron chi connectivity index (χ4n) is 3.21. The van der Waals surface area contributed by atoms with Gasteiger partial charge in [0.05, 0.1) is 11.6 Å². The first kappa shape index (κ1) is 16.7. The molecular formula is C16H19N3O4S. The van der Waals surface area contributed by atoms with Gasteiger partial charge in [-0.3, -0.25) is 9.48 Å². The molecule has 0 radical (unpaired) electrons. The highest BCUT2D eigenvalue weighted by Gasteiger charge is 2.44. The van der Waals surface area contributed by atoms with Crippen LogP contribution in [-0.2, 0) is 21.9 Å². The number of sulfonamides is 1. The van der Waals surface area contributed by atoms with Crippen LogP contribution < -0.4 is 0 Å². The molecule has 1 saturated heterocycles. The molecule has 1 N–H and O–H groups in total. The quantitative estimate of drug-likeness (QED) is 0.896. The van der Waals surface area contributed by atoms with Gasteiger partial charge in [0.15, 0.2) is 5.03 Å². The van der Waals surface area contributed by atoms with E-state index in [9.17, 15) is 18.3 Å². The van der Waals surface area contributed by atoms with Crippen LogP contribution in [0.4, 0.5) is 0 Å². The molecule has 0 amide bonds. The van der Waals surface area contributed by atoms with Crippen molar-refractivity contribution in [1.29, 1.82) is 0 Å². The van der Waals surface area contributed by atoms with Gasteiger partial charge in [-0.2, -0.15) is 9.40 Å². The second kappa shape index (κ2) is 6.03. The summed E-state index contributed by atoms with van der Waals surface area (Å²) in [5, 5.41) is 13.7. The number of carboxylic acid groups (broad SMARTS) is 1. The molecule has 24 heavy (non-hydrogen) atoms. The fraction of sp³-hybridized carbons (Fsp3) is 0.375. The number of aromatic nitrogens is 2. The highest BCUT2D eigenvalue weighted by atomic mass is 32.2. The van der Waals surface area contributed by atoms with Gasteiger partial charge >= 0.3 is 5.97 Å². The van der Waals surface area contributed by atoms with Gasteiger partial charge in [0, 0.05) is 26.1 Å². The number of carboxylic acids is 1. The maximum Gasteiger partial charge on any atom is 0.308 e. The van der Waals surface area contributed by atoms with Gasteiger partial charge in [0.25, 0.3) is 10.0 Å². The van der Waals surface area contributed by atoms with Gasteiger partial charge in [0.1, 0.15) is 0 Å². The van der Waals surface area contributed by atoms with Crippen molar-refractivity contribution < 1.29 is 18.3 Å². The largest absolute Gasteiger partial charge is 0.481 e. The molecule has 1 aliphatic heterocycles. The molecular weight excluding hydrogens is 330 g/mol. The Morgan fingerprint density at radius 2 is 1.92 bits per heavy atom. The summed E-state index contributed by atoms with van der Waals surface area (Å²) in [7, 11) is -2.22. The number of rotatable bonds is 4. The molecule has 2 atom stereocenters. The van der Waals surface area contributed by atoms with Gasteiger partial charge in [0.2, 0.25) is 0 Å². The van der Waals surface area contributed by atoms with Crippen molar-refractivity contribution in [2.45, 2.75) is 17.9 Å². The standard InChI is InChI=1S/C16H19N3O4S/c1-11-8-15(18(2)17-11)24(22,23)19-9-13(14(10-19)16(20)21)12-6-4-3-5-7-12/h3-8,13-14H,9-10H2,1-2H3,(H,20,21)/t13-,14+/m1/s1. The molecule has 7 nitrogen and oxygen atoms in total. The zero-order chi connectivity index (χ0) is 17.5. The molecule has 0 bridgehead atoms. The van der Waals surface area contributed by atoms with Crippen molar-refractivity contribution in [1.82, 2.24) is 14.1 Å². The Balaban J connectivity index is 1.96. The molecule has 2 heterocycles. The lowest BCUT2D eigenvalue weighted by atomic mass is 9.89. The second-order valence-corrected chi connectivity index (χ2v) is 7.92. The van der Waals surface area contributed by atoms with E-state index in [1.165, 1.54) is 15.1 Å². The third-order valence-electron chi connectivity index (χ3n) is 4.39. The monoisotopic (exact) mass is 349 g/mol. The minimum atomic E-state index is -3.79. The fourth-order valence-corrected chi connectivity index (χ4v) is 4.89. The van der Waals surface area contributed by atoms with E-state index in [0.29, 0.717) is 5.69 Å². The number of nitrogens with zero attached hydrogens (tertiary/aromatic N) is 3. The number of benzene rings is 1. The highest BCUT2D eigenvalue weighted by molar-refractivity contribution is 7.89. The lowest BCUT2D eigenvalue weighted by Crippen LogP contribution is -2.31. The Bertz CT molecular complexity index is 861. The van der Waals surface area contributed by atoms with Crippen molar-refractivity contribution in [2.75, 3.05) is 13.1 Å². The molecule has 8 heteroatoms. The molecule has 1 aliphatic rings. The molecule has 1 aromatic carbocycles. The van der Waals surface area contributed by atoms with Crippen LogP contribution in [0.3, 0.4) is 0 Å². The summed E-state index contributed by atoms with van der Waals surface area (Å²) in [6.45, 7) is 1.82. The molecule has 0 saturated carbocycles. The summed E-state index contributed by atoms with van der Waals surface area (Å²) in [5.74, 6) is -2.12. The summed E-state index contributed by atoms with van der Waals surface area (Å²) in [5.41, 5.74) is 1.44. The maximum absolute atomic E-state index is 12.9. The second-order valence-electron chi connectivity index (χ2n) is 6.03. The number of hydrogen-bond donors (Lipinski definition) is 1. The zero-order valence-corrected chi connectivity index (χ0v) is 14.3. The third kappa shape index (κ3) is 2.83. The van der Waals surface area contributed by atoms with Crippen molar-refractivity contribution in [3.63, 3.8) is 0 Å². The zero-order valence-electron chi connectivity index (χ0n) is 13.5. The average Bonchev–Trinajstić information content (AvgIpc) is 3.12. The predicted molar refractivity (Wildman–Crippen MR) is 87.0 cm³/mol. The molecule has 3 rings (SSSR count). The van der Waals surface area contributed by atoms with Crippen LogP contribution in [0.1, 0.15) is 17.2 Å². The minimum absolute atomic E-state index is 0.0402. The van der Waals surface area contributed by atoms with Gasteiger partial charge in [-0.25, -0.2) is 8.42 Å². The Morgan fingerprint density at radius 1 is 1.25 bits per heavy atom. The first-order valence-electron chi connectivity index (χ1n) is 7.59. The molecule has 1 aromatic heterocycles. The summed E-state index contributed by atoms with van der Waals surface area (Å²) in [6, 6.07) is 10.7. The van der Waals surface area contributed by atoms with E-state index >= 15 is 0 Å². The van der Waals surface area contributed by atoms with Crippen LogP contribution >= 0.6 is 0 Å². The van der Waals surface area contributed by atoms with E-state index < -0.39 is 21.9 Å². The van der Waals surface area contributed by atoms with Crippen LogP contribution in [0.2, 0.25) is 0 Å². The van der Waals surface area contributed by atoms with Gasteiger partial charge in [-0.1, -0.05) is 30.3 Å². The molecule has 128 valence electrons. The van der Waals surface area contributed by atoms with Gasteiger partial charge in [-0.05, 0) is 18.6 Å². The van der Waals surface area contributed by atoms with Gasteiger partial charge in [-0.15, -0.1) is 0 Å². The predicted octanol–water partition coefficient (Wildman–Crippen LogP) is 1.22. The van der Waals surface area contributed by atoms with E-state index in [2.05, 4.69) is 5.10 Å². The highest BCUT2D eigenvalue weighted by Crippen LogP contribution is 2.35. The minimum Gasteiger partial charge on any atom is -0.481 e. The summed E-state index contributed by atoms with van der Waals surface area (Å²) >= 11 is 0. The molecule has 0 spiro atoms. The van der Waals surface area contributed by atoms with E-state index in [1.807, 2.05) is 30.3 Å². The number of hydrogen-bond acceptors (Lipinski definition) is 4. The molecule has 1 fully saturated rings. The van der Waals surface area contributed by atoms with Crippen LogP contribution in [0, 0.1) is 12.8 Å². The lowest BCUT2D eigenvalue weighted by molar-refractivity contribution is -0.141. The topological polar surface area (TPSA) is 92.5 Å². The SMILES string of the molecule is Cc1cc(S(=O)(=O)N2C[C@H](C(=O)O)[C@@H](c3ccccc3)C2)n(C)n1. The first-order valence-corrected chi connectivity index (χ1v) is 9.03. The Labute approximate surface area is 140 Å². The molecule has 0 unspecified atom stereocenters. The number of aliphatic carboxylic acids is 1. The van der Waals surface area contributed by atoms with Crippen LogP contribution in [0.15, 0.2) is 41.4 Å². The smallest absolute Gasteiger partial charge is 0.308 e. The van der Waals surface area contributed by atoms with Crippen molar-refractivity contribution in [3.05, 3.63) is 47.7 Å². The average molecular weight is 349 g/mol. The van der Waals surface area contributed by atoms with E-state index in [-0.39, 0.29) is 24.0 Å². The van der Waals surface area contributed by atoms with Crippen molar-refractivity contribution in [2.24, 2.45) is 13.0 Å². The Hall–Kier alpha value is -2.19. The van der Waals surface area contributed by atoms with Crippen LogP contribution in [0.25, 0.3) is 0 Å².